The fourth-order valence-electron chi connectivity index (χ4n) is 1.57. The SMILES string of the molecule is COCC(Cl)Cc1nccc2sccc12. The molecule has 0 bridgehead atoms. The van der Waals surface area contributed by atoms with E-state index in [1.165, 1.54) is 10.1 Å². The van der Waals surface area contributed by atoms with Crippen LogP contribution >= 0.6 is 22.9 Å². The number of thiophene rings is 1. The topological polar surface area (TPSA) is 22.1 Å². The Morgan fingerprint density at radius 3 is 3.20 bits per heavy atom. The number of pyridine rings is 1. The zero-order valence-corrected chi connectivity index (χ0v) is 10.0. The zero-order valence-electron chi connectivity index (χ0n) is 8.44. The van der Waals surface area contributed by atoms with Crippen LogP contribution in [0.1, 0.15) is 5.69 Å². The van der Waals surface area contributed by atoms with Gasteiger partial charge in [0.2, 0.25) is 0 Å². The summed E-state index contributed by atoms with van der Waals surface area (Å²) in [6, 6.07) is 4.13. The molecule has 80 valence electrons. The fourth-order valence-corrected chi connectivity index (χ4v) is 2.64. The summed E-state index contributed by atoms with van der Waals surface area (Å²) in [5, 5.41) is 3.28. The molecule has 2 aromatic rings. The standard InChI is InChI=1S/C11H12ClNOS/c1-14-7-8(12)6-10-9-3-5-15-11(9)2-4-13-10/h2-5,8H,6-7H2,1H3. The van der Waals surface area contributed by atoms with Crippen LogP contribution in [0.4, 0.5) is 0 Å². The van der Waals surface area contributed by atoms with Crippen LogP contribution in [0.5, 0.6) is 0 Å². The minimum Gasteiger partial charge on any atom is -0.383 e. The van der Waals surface area contributed by atoms with Crippen LogP contribution in [0, 0.1) is 0 Å². The molecule has 0 aromatic carbocycles. The highest BCUT2D eigenvalue weighted by molar-refractivity contribution is 7.17. The number of fused-ring (bicyclic) bond motifs is 1. The van der Waals surface area contributed by atoms with Gasteiger partial charge in [0.25, 0.3) is 0 Å². The normalized spacial score (nSPS) is 13.2. The van der Waals surface area contributed by atoms with Gasteiger partial charge < -0.3 is 4.74 Å². The van der Waals surface area contributed by atoms with Gasteiger partial charge in [0.15, 0.2) is 0 Å². The first-order valence-corrected chi connectivity index (χ1v) is 6.07. The molecule has 2 nitrogen and oxygen atoms in total. The molecule has 0 radical (unpaired) electrons. The average Bonchev–Trinajstić information content (AvgIpc) is 2.67. The van der Waals surface area contributed by atoms with Gasteiger partial charge in [-0.3, -0.25) is 4.98 Å². The lowest BCUT2D eigenvalue weighted by Crippen LogP contribution is -2.11. The summed E-state index contributed by atoms with van der Waals surface area (Å²) in [6.45, 7) is 0.559. The monoisotopic (exact) mass is 241 g/mol. The Hall–Kier alpha value is -0.640. The van der Waals surface area contributed by atoms with Crippen molar-refractivity contribution >= 4 is 33.0 Å². The van der Waals surface area contributed by atoms with Crippen molar-refractivity contribution in [3.8, 4) is 0 Å². The van der Waals surface area contributed by atoms with Crippen LogP contribution in [0.3, 0.4) is 0 Å². The van der Waals surface area contributed by atoms with E-state index in [1.807, 2.05) is 12.3 Å². The van der Waals surface area contributed by atoms with Gasteiger partial charge in [-0.15, -0.1) is 22.9 Å². The van der Waals surface area contributed by atoms with Crippen LogP contribution < -0.4 is 0 Å². The molecule has 0 aliphatic heterocycles. The van der Waals surface area contributed by atoms with Gasteiger partial charge in [-0.2, -0.15) is 0 Å². The van der Waals surface area contributed by atoms with E-state index in [0.717, 1.165) is 12.1 Å². The highest BCUT2D eigenvalue weighted by atomic mass is 35.5. The molecule has 0 fully saturated rings. The van der Waals surface area contributed by atoms with Gasteiger partial charge in [0.1, 0.15) is 0 Å². The minimum atomic E-state index is -0.00648. The summed E-state index contributed by atoms with van der Waals surface area (Å²) in [7, 11) is 1.66. The molecule has 0 spiro atoms. The van der Waals surface area contributed by atoms with Crippen molar-refractivity contribution in [1.29, 1.82) is 0 Å². The molecule has 2 rings (SSSR count). The second-order valence-corrected chi connectivity index (χ2v) is 4.91. The minimum absolute atomic E-state index is 0.00648. The molecule has 15 heavy (non-hydrogen) atoms. The van der Waals surface area contributed by atoms with Crippen molar-refractivity contribution < 1.29 is 4.74 Å². The van der Waals surface area contributed by atoms with Crippen LogP contribution in [0.2, 0.25) is 0 Å². The summed E-state index contributed by atoms with van der Waals surface area (Å²) in [6.07, 6.45) is 2.59. The third-order valence-corrected chi connectivity index (χ3v) is 3.39. The molecule has 0 saturated heterocycles. The Morgan fingerprint density at radius 1 is 1.53 bits per heavy atom. The van der Waals surface area contributed by atoms with Crippen LogP contribution in [-0.2, 0) is 11.2 Å². The first kappa shape index (κ1) is 10.9. The van der Waals surface area contributed by atoms with Crippen molar-refractivity contribution in [1.82, 2.24) is 4.98 Å². The van der Waals surface area contributed by atoms with Crippen molar-refractivity contribution in [3.05, 3.63) is 29.4 Å². The first-order chi connectivity index (χ1) is 7.31. The second kappa shape index (κ2) is 4.92. The van der Waals surface area contributed by atoms with Crippen molar-refractivity contribution in [3.63, 3.8) is 0 Å². The molecule has 1 unspecified atom stereocenters. The number of alkyl halides is 1. The largest absolute Gasteiger partial charge is 0.383 e. The predicted octanol–water partition coefficient (Wildman–Crippen LogP) is 3.09. The highest BCUT2D eigenvalue weighted by Crippen LogP contribution is 2.23. The molecule has 0 aliphatic carbocycles. The number of hydrogen-bond acceptors (Lipinski definition) is 3. The van der Waals surface area contributed by atoms with E-state index in [9.17, 15) is 0 Å². The molecule has 0 N–H and O–H groups in total. The van der Waals surface area contributed by atoms with Crippen LogP contribution in [-0.4, -0.2) is 24.1 Å². The van der Waals surface area contributed by atoms with E-state index in [0.29, 0.717) is 6.61 Å². The molecule has 0 aliphatic rings. The van der Waals surface area contributed by atoms with Gasteiger partial charge in [-0.05, 0) is 17.5 Å². The first-order valence-electron chi connectivity index (χ1n) is 4.75. The van der Waals surface area contributed by atoms with Gasteiger partial charge in [-0.1, -0.05) is 0 Å². The third-order valence-electron chi connectivity index (χ3n) is 2.22. The lowest BCUT2D eigenvalue weighted by molar-refractivity contribution is 0.197. The molecule has 0 saturated carbocycles. The number of nitrogens with zero attached hydrogens (tertiary/aromatic N) is 1. The maximum atomic E-state index is 6.12. The zero-order chi connectivity index (χ0) is 10.7. The van der Waals surface area contributed by atoms with E-state index in [2.05, 4.69) is 16.4 Å². The third kappa shape index (κ3) is 2.48. The maximum Gasteiger partial charge on any atom is 0.0630 e. The van der Waals surface area contributed by atoms with Gasteiger partial charge in [0.05, 0.1) is 17.7 Å². The molecule has 2 aromatic heterocycles. The van der Waals surface area contributed by atoms with Crippen molar-refractivity contribution in [2.24, 2.45) is 0 Å². The second-order valence-electron chi connectivity index (χ2n) is 3.35. The number of methoxy groups -OCH3 is 1. The molecular formula is C11H12ClNOS. The number of ether oxygens (including phenoxy) is 1. The number of hydrogen-bond donors (Lipinski definition) is 0. The summed E-state index contributed by atoms with van der Waals surface area (Å²) in [5.41, 5.74) is 1.06. The molecule has 4 heteroatoms. The average molecular weight is 242 g/mol. The fraction of sp³-hybridized carbons (Fsp3) is 0.364. The lowest BCUT2D eigenvalue weighted by atomic mass is 10.1. The number of halogens is 1. The Morgan fingerprint density at radius 2 is 2.40 bits per heavy atom. The Kier molecular flexibility index (Phi) is 3.57. The van der Waals surface area contributed by atoms with E-state index in [1.54, 1.807) is 18.4 Å². The Bertz CT molecular complexity index is 443. The molecule has 0 amide bonds. The summed E-state index contributed by atoms with van der Waals surface area (Å²) < 4.78 is 6.28. The van der Waals surface area contributed by atoms with E-state index in [-0.39, 0.29) is 5.38 Å². The Labute approximate surface area is 97.8 Å². The highest BCUT2D eigenvalue weighted by Gasteiger charge is 2.09. The van der Waals surface area contributed by atoms with Gasteiger partial charge in [-0.25, -0.2) is 0 Å². The smallest absolute Gasteiger partial charge is 0.0630 e. The van der Waals surface area contributed by atoms with Crippen LogP contribution in [0.15, 0.2) is 23.7 Å². The van der Waals surface area contributed by atoms with E-state index in [4.69, 9.17) is 16.3 Å². The number of aromatic nitrogens is 1. The maximum absolute atomic E-state index is 6.12. The quantitative estimate of drug-likeness (QED) is 0.768. The molecular weight excluding hydrogens is 230 g/mol. The van der Waals surface area contributed by atoms with E-state index >= 15 is 0 Å². The van der Waals surface area contributed by atoms with Crippen molar-refractivity contribution in [2.75, 3.05) is 13.7 Å². The Balaban J connectivity index is 2.23. The van der Waals surface area contributed by atoms with Gasteiger partial charge >= 0.3 is 0 Å². The number of rotatable bonds is 4. The summed E-state index contributed by atoms with van der Waals surface area (Å²) >= 11 is 7.85. The summed E-state index contributed by atoms with van der Waals surface area (Å²) in [4.78, 5) is 4.37. The molecule has 2 heterocycles. The lowest BCUT2D eigenvalue weighted by Gasteiger charge is -2.08. The molecule has 1 atom stereocenters. The van der Waals surface area contributed by atoms with E-state index < -0.39 is 0 Å². The van der Waals surface area contributed by atoms with Crippen molar-refractivity contribution in [2.45, 2.75) is 11.8 Å². The van der Waals surface area contributed by atoms with Crippen LogP contribution in [0.25, 0.3) is 10.1 Å². The summed E-state index contributed by atoms with van der Waals surface area (Å²) in [5.74, 6) is 0. The predicted molar refractivity (Wildman–Crippen MR) is 64.8 cm³/mol. The van der Waals surface area contributed by atoms with Gasteiger partial charge in [0, 0.05) is 29.8 Å².